The van der Waals surface area contributed by atoms with Gasteiger partial charge >= 0.3 is 0 Å². The average Bonchev–Trinajstić information content (AvgIpc) is 3.69. The van der Waals surface area contributed by atoms with Crippen LogP contribution in [0.5, 0.6) is 0 Å². The molecular formula is C26H29N10O4S+. The van der Waals surface area contributed by atoms with E-state index in [1.807, 2.05) is 31.3 Å². The second-order valence-corrected chi connectivity index (χ2v) is 10.8. The summed E-state index contributed by atoms with van der Waals surface area (Å²) in [6.45, 7) is 3.15. The maximum atomic E-state index is 12.6. The summed E-state index contributed by atoms with van der Waals surface area (Å²) in [5.41, 5.74) is 3.03. The Bertz CT molecular complexity index is 1750. The number of aryl methyl sites for hydroxylation is 1. The third-order valence-electron chi connectivity index (χ3n) is 6.26. The van der Waals surface area contributed by atoms with Crippen LogP contribution in [0.1, 0.15) is 28.4 Å². The molecule has 0 spiro atoms. The maximum Gasteiger partial charge on any atom is 0.284 e. The molecule has 14 nitrogen and oxygen atoms in total. The number of anilines is 2. The zero-order chi connectivity index (χ0) is 28.8. The molecule has 0 radical (unpaired) electrons. The second kappa shape index (κ2) is 12.1. The number of aliphatic hydroxyl groups excluding tert-OH is 1. The van der Waals surface area contributed by atoms with Gasteiger partial charge in [0.25, 0.3) is 15.9 Å². The van der Waals surface area contributed by atoms with Crippen molar-refractivity contribution in [2.45, 2.75) is 31.5 Å². The summed E-state index contributed by atoms with van der Waals surface area (Å²) in [7, 11) is -3.86. The van der Waals surface area contributed by atoms with Crippen LogP contribution in [0.3, 0.4) is 0 Å². The molecule has 0 aliphatic rings. The third-order valence-corrected chi connectivity index (χ3v) is 7.81. The number of aliphatic hydroxyl groups is 1. The van der Waals surface area contributed by atoms with Crippen molar-refractivity contribution in [1.82, 2.24) is 34.1 Å². The number of carbonyl (C=O) groups is 1. The van der Waals surface area contributed by atoms with E-state index in [1.165, 1.54) is 24.3 Å². The highest BCUT2D eigenvalue weighted by Gasteiger charge is 2.18. The fourth-order valence-corrected chi connectivity index (χ4v) is 5.15. The minimum Gasteiger partial charge on any atom is -0.368 e. The van der Waals surface area contributed by atoms with Crippen LogP contribution in [-0.2, 0) is 29.7 Å². The van der Waals surface area contributed by atoms with E-state index in [-0.39, 0.29) is 17.5 Å². The molecule has 1 amide bonds. The Morgan fingerprint density at radius 3 is 2.66 bits per heavy atom. The van der Waals surface area contributed by atoms with E-state index in [2.05, 4.69) is 31.1 Å². The molecule has 5 aromatic rings. The van der Waals surface area contributed by atoms with E-state index in [4.69, 9.17) is 4.98 Å². The number of rotatable bonds is 12. The summed E-state index contributed by atoms with van der Waals surface area (Å²) >= 11 is 0. The first-order valence-electron chi connectivity index (χ1n) is 12.8. The fourth-order valence-electron chi connectivity index (χ4n) is 4.11. The molecular weight excluding hydrogens is 548 g/mol. The molecule has 0 fully saturated rings. The van der Waals surface area contributed by atoms with Gasteiger partial charge in [0.2, 0.25) is 6.73 Å². The summed E-state index contributed by atoms with van der Waals surface area (Å²) in [5.74, 6) is 1.02. The number of benzene rings is 1. The standard InChI is InChI=1S/C26H28N10O4S/c1-2-20-14-31-36-24(30-13-19-4-3-11-34(15-19)18-37)12-23(33-25(20)36)28-9-10-29-26(38)21-5-7-22(8-6-21)41(39,40)35-17-27-16-32-35/h3-8,11-12,14-17,37H,2,9-10,13,18H2,1H3,(H2-,28,29,30,31,33,38)/p+1. The van der Waals surface area contributed by atoms with Crippen molar-refractivity contribution in [3.8, 4) is 0 Å². The van der Waals surface area contributed by atoms with E-state index in [9.17, 15) is 18.3 Å². The van der Waals surface area contributed by atoms with Gasteiger partial charge in [0.15, 0.2) is 18.0 Å². The second-order valence-electron chi connectivity index (χ2n) is 8.99. The largest absolute Gasteiger partial charge is 0.368 e. The topological polar surface area (TPSA) is 172 Å². The first-order chi connectivity index (χ1) is 19.9. The lowest BCUT2D eigenvalue weighted by Crippen LogP contribution is -2.33. The number of fused-ring (bicyclic) bond motifs is 1. The van der Waals surface area contributed by atoms with Crippen LogP contribution >= 0.6 is 0 Å². The van der Waals surface area contributed by atoms with Crippen molar-refractivity contribution >= 4 is 33.2 Å². The lowest BCUT2D eigenvalue weighted by atomic mass is 10.2. The molecule has 0 unspecified atom stereocenters. The summed E-state index contributed by atoms with van der Waals surface area (Å²) in [6, 6.07) is 11.3. The number of hydrogen-bond donors (Lipinski definition) is 4. The number of nitrogens with zero attached hydrogens (tertiary/aromatic N) is 7. The fraction of sp³-hybridized carbons (Fsp3) is 0.231. The van der Waals surface area contributed by atoms with Crippen LogP contribution in [0.4, 0.5) is 11.6 Å². The first-order valence-corrected chi connectivity index (χ1v) is 14.3. The van der Waals surface area contributed by atoms with Gasteiger partial charge in [-0.25, -0.2) is 9.97 Å². The van der Waals surface area contributed by atoms with Crippen molar-refractivity contribution in [3.05, 3.63) is 90.4 Å². The third kappa shape index (κ3) is 6.15. The summed E-state index contributed by atoms with van der Waals surface area (Å²) in [4.78, 5) is 21.0. The van der Waals surface area contributed by atoms with Crippen LogP contribution in [0, 0.1) is 0 Å². The van der Waals surface area contributed by atoms with Gasteiger partial charge in [-0.05, 0) is 36.8 Å². The predicted molar refractivity (Wildman–Crippen MR) is 148 cm³/mol. The van der Waals surface area contributed by atoms with Gasteiger partial charge < -0.3 is 21.1 Å². The Morgan fingerprint density at radius 1 is 1.10 bits per heavy atom. The molecule has 0 bridgehead atoms. The molecule has 0 aliphatic heterocycles. The highest BCUT2D eigenvalue weighted by Crippen LogP contribution is 2.20. The molecule has 0 atom stereocenters. The van der Waals surface area contributed by atoms with E-state index < -0.39 is 10.0 Å². The Hall–Kier alpha value is -4.89. The molecule has 15 heteroatoms. The normalized spacial score (nSPS) is 11.5. The first kappa shape index (κ1) is 27.7. The SMILES string of the molecule is CCc1cnn2c(NCc3ccc[n+](CO)c3)cc(NCCNC(=O)c3ccc(S(=O)(=O)n4cncn4)cc3)nc12. The van der Waals surface area contributed by atoms with Crippen molar-refractivity contribution in [2.24, 2.45) is 0 Å². The van der Waals surface area contributed by atoms with E-state index in [1.54, 1.807) is 21.5 Å². The summed E-state index contributed by atoms with van der Waals surface area (Å²) in [6.07, 6.45) is 8.44. The predicted octanol–water partition coefficient (Wildman–Crippen LogP) is 0.812. The Morgan fingerprint density at radius 2 is 1.93 bits per heavy atom. The molecule has 4 aromatic heterocycles. The maximum absolute atomic E-state index is 12.6. The van der Waals surface area contributed by atoms with Gasteiger partial charge in [-0.1, -0.05) is 6.92 Å². The highest BCUT2D eigenvalue weighted by atomic mass is 32.2. The van der Waals surface area contributed by atoms with E-state index in [0.29, 0.717) is 31.0 Å². The van der Waals surface area contributed by atoms with Gasteiger partial charge in [0, 0.05) is 48.5 Å². The van der Waals surface area contributed by atoms with Crippen LogP contribution in [0.15, 0.2) is 78.6 Å². The monoisotopic (exact) mass is 577 g/mol. The van der Waals surface area contributed by atoms with Crippen molar-refractivity contribution < 1.29 is 22.9 Å². The van der Waals surface area contributed by atoms with Crippen molar-refractivity contribution in [3.63, 3.8) is 0 Å². The Labute approximate surface area is 235 Å². The molecule has 0 saturated carbocycles. The van der Waals surface area contributed by atoms with Gasteiger partial charge in [0.05, 0.1) is 11.1 Å². The summed E-state index contributed by atoms with van der Waals surface area (Å²) < 4.78 is 29.2. The van der Waals surface area contributed by atoms with Gasteiger partial charge in [-0.15, -0.1) is 9.19 Å². The van der Waals surface area contributed by atoms with Gasteiger partial charge in [0.1, 0.15) is 24.3 Å². The number of carbonyl (C=O) groups excluding carboxylic acids is 1. The van der Waals surface area contributed by atoms with Crippen LogP contribution in [0.25, 0.3) is 5.65 Å². The molecule has 212 valence electrons. The lowest BCUT2D eigenvalue weighted by molar-refractivity contribution is -0.730. The minimum atomic E-state index is -3.86. The van der Waals surface area contributed by atoms with Crippen LogP contribution < -0.4 is 20.5 Å². The molecule has 0 aliphatic carbocycles. The number of amides is 1. The number of nitrogens with one attached hydrogen (secondary N) is 3. The quantitative estimate of drug-likeness (QED) is 0.123. The average molecular weight is 578 g/mol. The molecule has 0 saturated heterocycles. The smallest absolute Gasteiger partial charge is 0.284 e. The number of hydrogen-bond acceptors (Lipinski definition) is 10. The molecule has 4 heterocycles. The molecule has 5 rings (SSSR count). The highest BCUT2D eigenvalue weighted by molar-refractivity contribution is 7.89. The Balaban J connectivity index is 1.21. The zero-order valence-electron chi connectivity index (χ0n) is 22.2. The van der Waals surface area contributed by atoms with Crippen molar-refractivity contribution in [2.75, 3.05) is 23.7 Å². The van der Waals surface area contributed by atoms with Crippen molar-refractivity contribution in [1.29, 1.82) is 0 Å². The Kier molecular flexibility index (Phi) is 8.16. The van der Waals surface area contributed by atoms with E-state index >= 15 is 0 Å². The lowest BCUT2D eigenvalue weighted by Gasteiger charge is -2.12. The van der Waals surface area contributed by atoms with Gasteiger partial charge in [-0.2, -0.15) is 22.6 Å². The minimum absolute atomic E-state index is 0.00160. The van der Waals surface area contributed by atoms with E-state index in [0.717, 1.165) is 45.8 Å². The molecule has 41 heavy (non-hydrogen) atoms. The van der Waals surface area contributed by atoms with Gasteiger partial charge in [-0.3, -0.25) is 4.79 Å². The summed E-state index contributed by atoms with van der Waals surface area (Å²) in [5, 5.41) is 27.0. The zero-order valence-corrected chi connectivity index (χ0v) is 23.0. The van der Waals surface area contributed by atoms with Crippen LogP contribution in [-0.4, -0.2) is 61.3 Å². The molecule has 1 aromatic carbocycles. The van der Waals surface area contributed by atoms with Crippen LogP contribution in [0.2, 0.25) is 0 Å². The number of aromatic nitrogens is 7. The number of pyridine rings is 1. The molecule has 4 N–H and O–H groups in total.